The Labute approximate surface area is 126 Å². The second-order valence-corrected chi connectivity index (χ2v) is 7.25. The number of hydrogen-bond acceptors (Lipinski definition) is 3. The molecule has 20 heavy (non-hydrogen) atoms. The molecule has 0 amide bonds. The minimum atomic E-state index is 0.340. The van der Waals surface area contributed by atoms with Gasteiger partial charge in [-0.2, -0.15) is 0 Å². The molecule has 120 valence electrons. The number of rotatable bonds is 11. The number of unbranched alkanes of at least 4 members (excludes halogenated alkanes) is 2. The summed E-state index contributed by atoms with van der Waals surface area (Å²) >= 11 is 0. The molecule has 0 spiro atoms. The summed E-state index contributed by atoms with van der Waals surface area (Å²) in [6, 6.07) is 0. The largest absolute Gasteiger partial charge is 0.396 e. The van der Waals surface area contributed by atoms with Gasteiger partial charge >= 0.3 is 0 Å². The van der Waals surface area contributed by atoms with E-state index in [1.165, 1.54) is 51.7 Å². The molecule has 1 aliphatic rings. The molecule has 2 N–H and O–H groups in total. The van der Waals surface area contributed by atoms with Gasteiger partial charge < -0.3 is 15.3 Å². The maximum atomic E-state index is 8.82. The van der Waals surface area contributed by atoms with E-state index in [0.29, 0.717) is 12.0 Å². The average Bonchev–Trinajstić information content (AvgIpc) is 2.83. The van der Waals surface area contributed by atoms with Gasteiger partial charge in [-0.3, -0.25) is 0 Å². The van der Waals surface area contributed by atoms with Crippen molar-refractivity contribution in [2.75, 3.05) is 39.8 Å². The van der Waals surface area contributed by atoms with Gasteiger partial charge in [0.2, 0.25) is 0 Å². The highest BCUT2D eigenvalue weighted by Crippen LogP contribution is 2.38. The fraction of sp³-hybridized carbons (Fsp3) is 1.00. The average molecular weight is 284 g/mol. The molecule has 3 heteroatoms. The van der Waals surface area contributed by atoms with Crippen molar-refractivity contribution in [1.82, 2.24) is 10.2 Å². The zero-order valence-corrected chi connectivity index (χ0v) is 14.0. The maximum Gasteiger partial charge on any atom is 0.0431 e. The van der Waals surface area contributed by atoms with Crippen LogP contribution in [0, 0.1) is 11.3 Å². The first-order valence-electron chi connectivity index (χ1n) is 8.58. The fourth-order valence-corrected chi connectivity index (χ4v) is 3.46. The van der Waals surface area contributed by atoms with Crippen LogP contribution in [0.1, 0.15) is 58.8 Å². The van der Waals surface area contributed by atoms with Gasteiger partial charge in [0.05, 0.1) is 0 Å². The van der Waals surface area contributed by atoms with Crippen molar-refractivity contribution >= 4 is 0 Å². The van der Waals surface area contributed by atoms with E-state index in [0.717, 1.165) is 25.3 Å². The van der Waals surface area contributed by atoms with Crippen molar-refractivity contribution in [1.29, 1.82) is 0 Å². The molecular formula is C17H36N2O. The molecule has 1 rings (SSSR count). The number of nitrogens with zero attached hydrogens (tertiary/aromatic N) is 1. The van der Waals surface area contributed by atoms with Gasteiger partial charge in [-0.15, -0.1) is 0 Å². The summed E-state index contributed by atoms with van der Waals surface area (Å²) < 4.78 is 0. The van der Waals surface area contributed by atoms with Gasteiger partial charge in [0.15, 0.2) is 0 Å². The van der Waals surface area contributed by atoms with Crippen LogP contribution >= 0.6 is 0 Å². The van der Waals surface area contributed by atoms with Gasteiger partial charge in [0, 0.05) is 19.7 Å². The Bertz CT molecular complexity index is 237. The quantitative estimate of drug-likeness (QED) is 0.573. The van der Waals surface area contributed by atoms with Gasteiger partial charge in [0.25, 0.3) is 0 Å². The summed E-state index contributed by atoms with van der Waals surface area (Å²) in [5.74, 6) is 0.740. The van der Waals surface area contributed by atoms with Crippen LogP contribution in [0.4, 0.5) is 0 Å². The lowest BCUT2D eigenvalue weighted by Crippen LogP contribution is -2.42. The minimum Gasteiger partial charge on any atom is -0.396 e. The van der Waals surface area contributed by atoms with Crippen molar-refractivity contribution in [3.05, 3.63) is 0 Å². The normalized spacial score (nSPS) is 18.3. The Balaban J connectivity index is 2.29. The highest BCUT2D eigenvalue weighted by atomic mass is 16.2. The first kappa shape index (κ1) is 17.9. The van der Waals surface area contributed by atoms with E-state index in [1.807, 2.05) is 0 Å². The second-order valence-electron chi connectivity index (χ2n) is 7.25. The second kappa shape index (κ2) is 9.75. The van der Waals surface area contributed by atoms with Crippen LogP contribution in [0.25, 0.3) is 0 Å². The number of aliphatic hydroxyl groups excluding tert-OH is 1. The van der Waals surface area contributed by atoms with Gasteiger partial charge in [-0.1, -0.05) is 26.7 Å². The third kappa shape index (κ3) is 7.05. The van der Waals surface area contributed by atoms with Crippen LogP contribution in [0.15, 0.2) is 0 Å². The zero-order chi connectivity index (χ0) is 14.8. The van der Waals surface area contributed by atoms with Gasteiger partial charge in [0.1, 0.15) is 0 Å². The van der Waals surface area contributed by atoms with E-state index in [1.54, 1.807) is 0 Å². The van der Waals surface area contributed by atoms with E-state index in [9.17, 15) is 0 Å². The fourth-order valence-electron chi connectivity index (χ4n) is 3.46. The summed E-state index contributed by atoms with van der Waals surface area (Å²) in [6.07, 6.45) is 8.91. The molecule has 0 unspecified atom stereocenters. The van der Waals surface area contributed by atoms with Crippen LogP contribution in [0.3, 0.4) is 0 Å². The summed E-state index contributed by atoms with van der Waals surface area (Å²) in [5, 5.41) is 12.5. The van der Waals surface area contributed by atoms with Crippen molar-refractivity contribution < 1.29 is 5.11 Å². The lowest BCUT2D eigenvalue weighted by molar-refractivity contribution is 0.168. The summed E-state index contributed by atoms with van der Waals surface area (Å²) in [4.78, 5) is 2.51. The summed E-state index contributed by atoms with van der Waals surface area (Å²) in [5.41, 5.74) is 0.515. The Morgan fingerprint density at radius 1 is 1.15 bits per heavy atom. The lowest BCUT2D eigenvalue weighted by atomic mass is 9.85. The molecule has 0 radical (unpaired) electrons. The molecule has 0 aliphatic heterocycles. The van der Waals surface area contributed by atoms with Crippen LogP contribution in [-0.2, 0) is 0 Å². The van der Waals surface area contributed by atoms with Crippen molar-refractivity contribution in [3.63, 3.8) is 0 Å². The van der Waals surface area contributed by atoms with E-state index in [2.05, 4.69) is 31.1 Å². The SMILES string of the molecule is CC(C)CNCC1(CN(C)CCCCCO)CCCC1. The lowest BCUT2D eigenvalue weighted by Gasteiger charge is -2.34. The smallest absolute Gasteiger partial charge is 0.0431 e. The third-order valence-corrected chi connectivity index (χ3v) is 4.52. The Morgan fingerprint density at radius 3 is 2.45 bits per heavy atom. The molecule has 1 saturated carbocycles. The monoisotopic (exact) mass is 284 g/mol. The van der Waals surface area contributed by atoms with Crippen molar-refractivity contribution in [2.24, 2.45) is 11.3 Å². The van der Waals surface area contributed by atoms with Crippen LogP contribution in [-0.4, -0.2) is 49.8 Å². The van der Waals surface area contributed by atoms with Crippen LogP contribution in [0.5, 0.6) is 0 Å². The van der Waals surface area contributed by atoms with Gasteiger partial charge in [-0.25, -0.2) is 0 Å². The molecular weight excluding hydrogens is 248 g/mol. The molecule has 0 aromatic heterocycles. The van der Waals surface area contributed by atoms with E-state index in [-0.39, 0.29) is 0 Å². The number of aliphatic hydroxyl groups is 1. The molecule has 0 aromatic carbocycles. The zero-order valence-electron chi connectivity index (χ0n) is 14.0. The Kier molecular flexibility index (Phi) is 8.74. The molecule has 1 aliphatic carbocycles. The first-order valence-corrected chi connectivity index (χ1v) is 8.58. The van der Waals surface area contributed by atoms with Crippen LogP contribution in [0.2, 0.25) is 0 Å². The molecule has 0 heterocycles. The standard InChI is InChI=1S/C17H36N2O/c1-16(2)13-18-14-17(9-5-6-10-17)15-19(3)11-7-4-8-12-20/h16,18,20H,4-15H2,1-3H3. The molecule has 0 bridgehead atoms. The predicted molar refractivity (Wildman–Crippen MR) is 87.0 cm³/mol. The van der Waals surface area contributed by atoms with Crippen molar-refractivity contribution in [2.45, 2.75) is 58.8 Å². The highest BCUT2D eigenvalue weighted by molar-refractivity contribution is 4.89. The highest BCUT2D eigenvalue weighted by Gasteiger charge is 2.34. The van der Waals surface area contributed by atoms with E-state index >= 15 is 0 Å². The maximum absolute atomic E-state index is 8.82. The molecule has 0 saturated heterocycles. The van der Waals surface area contributed by atoms with E-state index < -0.39 is 0 Å². The third-order valence-electron chi connectivity index (χ3n) is 4.52. The summed E-state index contributed by atoms with van der Waals surface area (Å²) in [6.45, 7) is 9.63. The van der Waals surface area contributed by atoms with E-state index in [4.69, 9.17) is 5.11 Å². The Morgan fingerprint density at radius 2 is 1.85 bits per heavy atom. The molecule has 3 nitrogen and oxygen atoms in total. The number of nitrogens with one attached hydrogen (secondary N) is 1. The predicted octanol–water partition coefficient (Wildman–Crippen LogP) is 2.89. The number of hydrogen-bond donors (Lipinski definition) is 2. The van der Waals surface area contributed by atoms with Crippen molar-refractivity contribution in [3.8, 4) is 0 Å². The van der Waals surface area contributed by atoms with Gasteiger partial charge in [-0.05, 0) is 63.6 Å². The van der Waals surface area contributed by atoms with Crippen LogP contribution < -0.4 is 5.32 Å². The topological polar surface area (TPSA) is 35.5 Å². The minimum absolute atomic E-state index is 0.340. The molecule has 1 fully saturated rings. The molecule has 0 atom stereocenters. The molecule has 0 aromatic rings. The Hall–Kier alpha value is -0.120. The summed E-state index contributed by atoms with van der Waals surface area (Å²) in [7, 11) is 2.27. The first-order chi connectivity index (χ1) is 9.58.